The number of amides is 1. The lowest BCUT2D eigenvalue weighted by Gasteiger charge is -2.40. The second-order valence-corrected chi connectivity index (χ2v) is 9.87. The lowest BCUT2D eigenvalue weighted by atomic mass is 9.70. The molecule has 2 heterocycles. The molecule has 0 spiro atoms. The highest BCUT2D eigenvalue weighted by molar-refractivity contribution is 6.28. The van der Waals surface area contributed by atoms with Crippen LogP contribution in [0.15, 0.2) is 42.6 Å². The summed E-state index contributed by atoms with van der Waals surface area (Å²) in [4.78, 5) is 39.4. The highest BCUT2D eigenvalue weighted by atomic mass is 35.5. The van der Waals surface area contributed by atoms with Crippen molar-refractivity contribution in [1.82, 2.24) is 20.3 Å². The van der Waals surface area contributed by atoms with Crippen LogP contribution in [-0.4, -0.2) is 52.4 Å². The lowest BCUT2D eigenvalue weighted by Crippen LogP contribution is -2.46. The van der Waals surface area contributed by atoms with Crippen molar-refractivity contribution in [2.45, 2.75) is 70.7 Å². The molecule has 36 heavy (non-hydrogen) atoms. The van der Waals surface area contributed by atoms with E-state index < -0.39 is 18.4 Å². The van der Waals surface area contributed by atoms with Crippen molar-refractivity contribution < 1.29 is 23.9 Å². The quantitative estimate of drug-likeness (QED) is 0.297. The van der Waals surface area contributed by atoms with Crippen LogP contribution in [0.1, 0.15) is 64.0 Å². The first-order valence-corrected chi connectivity index (χ1v) is 12.9. The van der Waals surface area contributed by atoms with Gasteiger partial charge < -0.3 is 14.8 Å². The Morgan fingerprint density at radius 2 is 2.03 bits per heavy atom. The summed E-state index contributed by atoms with van der Waals surface area (Å²) in [7, 11) is 0. The molecular formula is C26H33ClN4O5. The van der Waals surface area contributed by atoms with E-state index in [0.29, 0.717) is 18.9 Å². The number of Topliss-reactive ketones (excluding diaryl/α,β-unsaturated/α-hetero) is 1. The van der Waals surface area contributed by atoms with Crippen LogP contribution < -0.4 is 10.1 Å². The van der Waals surface area contributed by atoms with Crippen molar-refractivity contribution in [3.8, 4) is 5.88 Å². The minimum absolute atomic E-state index is 0.0674. The summed E-state index contributed by atoms with van der Waals surface area (Å²) in [6.07, 6.45) is 5.27. The number of benzene rings is 1. The fourth-order valence-corrected chi connectivity index (χ4v) is 4.48. The molecule has 9 nitrogen and oxygen atoms in total. The van der Waals surface area contributed by atoms with Crippen LogP contribution >= 0.6 is 11.6 Å². The first-order chi connectivity index (χ1) is 17.4. The average molecular weight is 517 g/mol. The zero-order valence-electron chi connectivity index (χ0n) is 20.7. The molecule has 2 aliphatic rings. The molecule has 4 atom stereocenters. The largest absolute Gasteiger partial charge is 0.477 e. The van der Waals surface area contributed by atoms with Gasteiger partial charge in [0.2, 0.25) is 23.2 Å². The number of hydrogen-bond donors (Lipinski definition) is 1. The van der Waals surface area contributed by atoms with Crippen LogP contribution in [0, 0.1) is 5.41 Å². The number of aromatic nitrogens is 2. The van der Waals surface area contributed by atoms with Gasteiger partial charge in [-0.15, -0.1) is 5.06 Å². The lowest BCUT2D eigenvalue weighted by molar-refractivity contribution is -0.122. The van der Waals surface area contributed by atoms with E-state index in [2.05, 4.69) is 15.3 Å². The van der Waals surface area contributed by atoms with Gasteiger partial charge in [-0.1, -0.05) is 56.5 Å². The fraction of sp³-hybridized carbons (Fsp3) is 0.538. The van der Waals surface area contributed by atoms with Crippen molar-refractivity contribution in [3.05, 3.63) is 53.4 Å². The van der Waals surface area contributed by atoms with Gasteiger partial charge in [0.15, 0.2) is 0 Å². The average Bonchev–Trinajstić information content (AvgIpc) is 3.66. The number of hydroxylamine groups is 2. The fourth-order valence-electron chi connectivity index (χ4n) is 4.34. The molecule has 1 aliphatic heterocycles. The molecule has 10 heteroatoms. The monoisotopic (exact) mass is 516 g/mol. The Hall–Kier alpha value is -2.75. The topological polar surface area (TPSA) is 106 Å². The Kier molecular flexibility index (Phi) is 8.77. The molecule has 1 N–H and O–H groups in total. The van der Waals surface area contributed by atoms with Crippen LogP contribution in [0.25, 0.3) is 0 Å². The summed E-state index contributed by atoms with van der Waals surface area (Å²) in [5, 5.41) is 4.56. The molecular weight excluding hydrogens is 484 g/mol. The third-order valence-corrected chi connectivity index (χ3v) is 7.03. The van der Waals surface area contributed by atoms with Crippen molar-refractivity contribution in [2.24, 2.45) is 5.41 Å². The molecule has 1 saturated carbocycles. The maximum absolute atomic E-state index is 13.2. The normalized spacial score (nSPS) is 21.5. The van der Waals surface area contributed by atoms with Crippen molar-refractivity contribution in [1.29, 1.82) is 0 Å². The third kappa shape index (κ3) is 6.72. The van der Waals surface area contributed by atoms with Gasteiger partial charge in [-0.3, -0.25) is 9.63 Å². The van der Waals surface area contributed by atoms with Gasteiger partial charge in [0, 0.05) is 17.7 Å². The Morgan fingerprint density at radius 3 is 2.69 bits per heavy atom. The van der Waals surface area contributed by atoms with Gasteiger partial charge >= 0.3 is 6.09 Å². The van der Waals surface area contributed by atoms with E-state index in [9.17, 15) is 9.59 Å². The maximum atomic E-state index is 13.2. The number of carbonyl (C=O) groups is 2. The molecule has 4 rings (SSSR count). The molecule has 1 aromatic carbocycles. The number of unbranched alkanes of at least 4 members (excludes halogenated alkanes) is 1. The molecule has 2 unspecified atom stereocenters. The second kappa shape index (κ2) is 12.0. The van der Waals surface area contributed by atoms with Gasteiger partial charge in [-0.05, 0) is 43.4 Å². The molecule has 0 radical (unpaired) electrons. The van der Waals surface area contributed by atoms with Crippen LogP contribution in [-0.2, 0) is 14.4 Å². The third-order valence-electron chi connectivity index (χ3n) is 6.85. The molecule has 1 aromatic heterocycles. The number of hydrogen-bond acceptors (Lipinski definition) is 8. The predicted molar refractivity (Wildman–Crippen MR) is 133 cm³/mol. The Labute approximate surface area is 216 Å². The zero-order chi connectivity index (χ0) is 25.5. The number of alkyl carbamates (subject to hydrolysis) is 1. The number of rotatable bonds is 13. The first-order valence-electron chi connectivity index (χ1n) is 12.5. The second-order valence-electron chi connectivity index (χ2n) is 9.53. The van der Waals surface area contributed by atoms with E-state index >= 15 is 0 Å². The predicted octanol–water partition coefficient (Wildman–Crippen LogP) is 4.87. The molecule has 194 valence electrons. The van der Waals surface area contributed by atoms with Crippen LogP contribution in [0.2, 0.25) is 5.28 Å². The number of carbonyl (C=O) groups excluding carboxylic acids is 2. The molecule has 2 aromatic rings. The highest BCUT2D eigenvalue weighted by Gasteiger charge is 2.49. The van der Waals surface area contributed by atoms with E-state index in [1.165, 1.54) is 6.20 Å². The van der Waals surface area contributed by atoms with Gasteiger partial charge in [0.25, 0.3) is 0 Å². The minimum atomic E-state index is -0.674. The van der Waals surface area contributed by atoms with Crippen molar-refractivity contribution >= 4 is 23.5 Å². The van der Waals surface area contributed by atoms with Crippen LogP contribution in [0.3, 0.4) is 0 Å². The molecule has 1 saturated heterocycles. The summed E-state index contributed by atoms with van der Waals surface area (Å²) in [5.41, 5.74) is 0.779. The zero-order valence-corrected chi connectivity index (χ0v) is 21.4. The first kappa shape index (κ1) is 26.3. The Balaban J connectivity index is 1.28. The van der Waals surface area contributed by atoms with E-state index in [-0.39, 0.29) is 29.1 Å². The smallest absolute Gasteiger partial charge is 0.407 e. The number of nitrogens with zero attached hydrogens (tertiary/aromatic N) is 3. The Bertz CT molecular complexity index is 1040. The molecule has 1 aliphatic carbocycles. The SMILES string of the molecule is CCCC[C@H](NC(=O)OCC1(COc2ccnc(Cl)n2)CCC1)C(=O)C1ON1[C@H](C)c1ccccc1. The van der Waals surface area contributed by atoms with Gasteiger partial charge in [-0.25, -0.2) is 9.78 Å². The van der Waals surface area contributed by atoms with Crippen molar-refractivity contribution in [2.75, 3.05) is 13.2 Å². The number of nitrogens with one attached hydrogen (secondary N) is 1. The molecule has 2 fully saturated rings. The summed E-state index contributed by atoms with van der Waals surface area (Å²) < 4.78 is 11.4. The van der Waals surface area contributed by atoms with Gasteiger partial charge in [0.05, 0.1) is 18.7 Å². The van der Waals surface area contributed by atoms with Gasteiger partial charge in [-0.2, -0.15) is 4.98 Å². The summed E-state index contributed by atoms with van der Waals surface area (Å²) in [6.45, 7) is 4.58. The van der Waals surface area contributed by atoms with E-state index in [1.54, 1.807) is 11.1 Å². The van der Waals surface area contributed by atoms with E-state index in [0.717, 1.165) is 37.7 Å². The standard InChI is InChI=1S/C26H33ClN4O5/c1-3-4-11-20(22(32)23-31(36-23)18(2)19-9-6-5-7-10-19)29-25(33)35-17-26(13-8-14-26)16-34-21-12-15-28-24(27)30-21/h5-7,9-10,12,15,18,20,23H,3-4,8,11,13-14,16-17H2,1-2H3,(H,29,33)/t18-,20+,23?,31?/m1/s1. The minimum Gasteiger partial charge on any atom is -0.477 e. The van der Waals surface area contributed by atoms with Crippen LogP contribution in [0.4, 0.5) is 4.79 Å². The highest BCUT2D eigenvalue weighted by Crippen LogP contribution is 2.41. The molecule has 1 amide bonds. The summed E-state index contributed by atoms with van der Waals surface area (Å²) in [5.74, 6) is 0.222. The number of ketones is 1. The van der Waals surface area contributed by atoms with Gasteiger partial charge in [0.1, 0.15) is 6.61 Å². The summed E-state index contributed by atoms with van der Waals surface area (Å²) in [6, 6.07) is 10.7. The molecule has 0 bridgehead atoms. The Morgan fingerprint density at radius 1 is 1.25 bits per heavy atom. The summed E-state index contributed by atoms with van der Waals surface area (Å²) >= 11 is 5.82. The van der Waals surface area contributed by atoms with Crippen molar-refractivity contribution in [3.63, 3.8) is 0 Å². The number of ether oxygens (including phenoxy) is 2. The van der Waals surface area contributed by atoms with E-state index in [1.807, 2.05) is 44.2 Å². The van der Waals surface area contributed by atoms with E-state index in [4.69, 9.17) is 25.9 Å². The number of halogens is 1. The van der Waals surface area contributed by atoms with Crippen LogP contribution in [0.5, 0.6) is 5.88 Å². The maximum Gasteiger partial charge on any atom is 0.407 e.